The lowest BCUT2D eigenvalue weighted by Gasteiger charge is -2.13. The second-order valence-electron chi connectivity index (χ2n) is 5.66. The number of nitriles is 1. The Kier molecular flexibility index (Phi) is 4.76. The molecule has 3 rings (SSSR count). The van der Waals surface area contributed by atoms with Gasteiger partial charge in [0, 0.05) is 18.6 Å². The maximum absolute atomic E-state index is 14.9. The van der Waals surface area contributed by atoms with E-state index in [-0.39, 0.29) is 29.0 Å². The summed E-state index contributed by atoms with van der Waals surface area (Å²) in [7, 11) is 0. The zero-order valence-electron chi connectivity index (χ0n) is 13.7. The van der Waals surface area contributed by atoms with Crippen LogP contribution in [-0.4, -0.2) is 10.2 Å². The van der Waals surface area contributed by atoms with Crippen LogP contribution in [0.2, 0.25) is 0 Å². The summed E-state index contributed by atoms with van der Waals surface area (Å²) in [6.45, 7) is 1.66. The van der Waals surface area contributed by atoms with Crippen molar-refractivity contribution in [1.29, 1.82) is 5.26 Å². The molecule has 1 heterocycles. The summed E-state index contributed by atoms with van der Waals surface area (Å²) in [5, 5.41) is 15.1. The van der Waals surface area contributed by atoms with Crippen molar-refractivity contribution in [1.82, 2.24) is 10.2 Å². The Hall–Kier alpha value is -3.53. The lowest BCUT2D eigenvalue weighted by molar-refractivity contribution is 0.432. The molecule has 0 spiro atoms. The third kappa shape index (κ3) is 3.75. The average molecular weight is 353 g/mol. The summed E-state index contributed by atoms with van der Waals surface area (Å²) in [6.07, 6.45) is 0.145. The normalized spacial score (nSPS) is 10.4. The third-order valence-electron chi connectivity index (χ3n) is 3.70. The highest BCUT2D eigenvalue weighted by atomic mass is 19.1. The molecule has 0 saturated carbocycles. The lowest BCUT2D eigenvalue weighted by Crippen LogP contribution is -2.08. The molecule has 0 bridgehead atoms. The predicted octanol–water partition coefficient (Wildman–Crippen LogP) is 3.61. The number of ether oxygens (including phenoxy) is 1. The second kappa shape index (κ2) is 7.15. The summed E-state index contributed by atoms with van der Waals surface area (Å²) in [5.41, 5.74) is 1.04. The fraction of sp³-hybridized carbons (Fsp3) is 0.105. The van der Waals surface area contributed by atoms with Gasteiger partial charge >= 0.3 is 0 Å². The van der Waals surface area contributed by atoms with E-state index in [9.17, 15) is 13.6 Å². The molecule has 0 aliphatic rings. The number of aromatic nitrogens is 2. The van der Waals surface area contributed by atoms with E-state index in [0.29, 0.717) is 16.8 Å². The molecule has 0 saturated heterocycles. The molecule has 26 heavy (non-hydrogen) atoms. The van der Waals surface area contributed by atoms with Crippen molar-refractivity contribution in [2.45, 2.75) is 13.3 Å². The summed E-state index contributed by atoms with van der Waals surface area (Å²) < 4.78 is 34.0. The zero-order chi connectivity index (χ0) is 18.7. The first kappa shape index (κ1) is 17.3. The SMILES string of the molecule is Cc1ccc(Cc2ccc(=O)[nH]n2)c(F)c1Oc1cc(F)cc(C#N)c1. The van der Waals surface area contributed by atoms with Crippen molar-refractivity contribution in [3.8, 4) is 17.6 Å². The van der Waals surface area contributed by atoms with Crippen LogP contribution in [0, 0.1) is 29.9 Å². The fourth-order valence-electron chi connectivity index (χ4n) is 2.43. The van der Waals surface area contributed by atoms with Gasteiger partial charge in [-0.3, -0.25) is 4.79 Å². The molecule has 130 valence electrons. The van der Waals surface area contributed by atoms with Gasteiger partial charge in [-0.05, 0) is 36.2 Å². The molecule has 0 atom stereocenters. The van der Waals surface area contributed by atoms with Gasteiger partial charge in [-0.1, -0.05) is 12.1 Å². The largest absolute Gasteiger partial charge is 0.454 e. The Morgan fingerprint density at radius 2 is 2.00 bits per heavy atom. The standard InChI is InChI=1S/C19H13F2N3O2/c1-11-2-3-13(8-15-4-5-17(25)24-23-15)18(21)19(11)26-16-7-12(10-22)6-14(20)9-16/h2-7,9H,8H2,1H3,(H,24,25). The van der Waals surface area contributed by atoms with Gasteiger partial charge in [-0.25, -0.2) is 13.9 Å². The fourth-order valence-corrected chi connectivity index (χ4v) is 2.43. The van der Waals surface area contributed by atoms with Crippen molar-refractivity contribution in [2.75, 3.05) is 0 Å². The third-order valence-corrected chi connectivity index (χ3v) is 3.70. The summed E-state index contributed by atoms with van der Waals surface area (Å²) in [4.78, 5) is 11.1. The predicted molar refractivity (Wildman–Crippen MR) is 90.0 cm³/mol. The second-order valence-corrected chi connectivity index (χ2v) is 5.66. The first-order valence-corrected chi connectivity index (χ1v) is 7.67. The minimum atomic E-state index is -0.647. The van der Waals surface area contributed by atoms with Gasteiger partial charge in [0.05, 0.1) is 17.3 Å². The number of benzene rings is 2. The first-order chi connectivity index (χ1) is 12.5. The number of H-pyrrole nitrogens is 1. The minimum Gasteiger partial charge on any atom is -0.454 e. The van der Waals surface area contributed by atoms with Gasteiger partial charge < -0.3 is 4.74 Å². The molecule has 0 radical (unpaired) electrons. The number of halogens is 2. The number of aromatic amines is 1. The maximum Gasteiger partial charge on any atom is 0.264 e. The van der Waals surface area contributed by atoms with Crippen LogP contribution in [0.1, 0.15) is 22.4 Å². The van der Waals surface area contributed by atoms with Crippen molar-refractivity contribution < 1.29 is 13.5 Å². The molecule has 0 aliphatic carbocycles. The Morgan fingerprint density at radius 3 is 2.69 bits per heavy atom. The maximum atomic E-state index is 14.9. The van der Waals surface area contributed by atoms with E-state index in [1.807, 2.05) is 6.07 Å². The van der Waals surface area contributed by atoms with Crippen LogP contribution in [0.25, 0.3) is 0 Å². The Balaban J connectivity index is 1.95. The monoisotopic (exact) mass is 353 g/mol. The minimum absolute atomic E-state index is 0.0304. The van der Waals surface area contributed by atoms with Gasteiger partial charge in [-0.15, -0.1) is 0 Å². The zero-order valence-corrected chi connectivity index (χ0v) is 13.7. The highest BCUT2D eigenvalue weighted by Crippen LogP contribution is 2.31. The van der Waals surface area contributed by atoms with Crippen LogP contribution in [0.15, 0.2) is 47.3 Å². The number of hydrogen-bond acceptors (Lipinski definition) is 4. The molecular formula is C19H13F2N3O2. The van der Waals surface area contributed by atoms with Gasteiger partial charge in [-0.2, -0.15) is 10.4 Å². The number of hydrogen-bond donors (Lipinski definition) is 1. The van der Waals surface area contributed by atoms with Gasteiger partial charge in [0.1, 0.15) is 11.6 Å². The summed E-state index contributed by atoms with van der Waals surface area (Å²) in [6, 6.07) is 11.4. The molecule has 1 aromatic heterocycles. The molecule has 3 aromatic rings. The highest BCUT2D eigenvalue weighted by molar-refractivity contribution is 5.44. The van der Waals surface area contributed by atoms with Crippen LogP contribution in [-0.2, 0) is 6.42 Å². The number of nitrogens with zero attached hydrogens (tertiary/aromatic N) is 2. The molecule has 0 fully saturated rings. The lowest BCUT2D eigenvalue weighted by atomic mass is 10.1. The van der Waals surface area contributed by atoms with Crippen LogP contribution in [0.3, 0.4) is 0 Å². The Labute approximate surface area is 147 Å². The molecule has 7 heteroatoms. The molecule has 0 amide bonds. The molecular weight excluding hydrogens is 340 g/mol. The van der Waals surface area contributed by atoms with Crippen LogP contribution < -0.4 is 10.3 Å². The topological polar surface area (TPSA) is 78.8 Å². The van der Waals surface area contributed by atoms with E-state index < -0.39 is 11.6 Å². The van der Waals surface area contributed by atoms with Crippen LogP contribution in [0.4, 0.5) is 8.78 Å². The quantitative estimate of drug-likeness (QED) is 0.777. The molecule has 1 N–H and O–H groups in total. The molecule has 5 nitrogen and oxygen atoms in total. The number of aryl methyl sites for hydroxylation is 1. The molecule has 0 aliphatic heterocycles. The Bertz CT molecular complexity index is 1050. The van der Waals surface area contributed by atoms with Crippen molar-refractivity contribution >= 4 is 0 Å². The van der Waals surface area contributed by atoms with E-state index >= 15 is 0 Å². The van der Waals surface area contributed by atoms with Crippen LogP contribution >= 0.6 is 0 Å². The molecule has 2 aromatic carbocycles. The van der Waals surface area contributed by atoms with E-state index in [1.165, 1.54) is 18.2 Å². The van der Waals surface area contributed by atoms with Crippen molar-refractivity contribution in [2.24, 2.45) is 0 Å². The van der Waals surface area contributed by atoms with Crippen molar-refractivity contribution in [3.63, 3.8) is 0 Å². The van der Waals surface area contributed by atoms with Gasteiger partial charge in [0.2, 0.25) is 0 Å². The van der Waals surface area contributed by atoms with E-state index in [1.54, 1.807) is 19.1 Å². The summed E-state index contributed by atoms with van der Waals surface area (Å²) in [5.74, 6) is -1.28. The van der Waals surface area contributed by atoms with E-state index in [2.05, 4.69) is 10.2 Å². The van der Waals surface area contributed by atoms with E-state index in [4.69, 9.17) is 10.00 Å². The first-order valence-electron chi connectivity index (χ1n) is 7.67. The van der Waals surface area contributed by atoms with Crippen molar-refractivity contribution in [3.05, 3.63) is 86.8 Å². The Morgan fingerprint density at radius 1 is 1.19 bits per heavy atom. The van der Waals surface area contributed by atoms with E-state index in [0.717, 1.165) is 12.1 Å². The molecule has 0 unspecified atom stereocenters. The average Bonchev–Trinajstić information content (AvgIpc) is 2.62. The number of nitrogens with one attached hydrogen (secondary N) is 1. The van der Waals surface area contributed by atoms with Gasteiger partial charge in [0.25, 0.3) is 5.56 Å². The van der Waals surface area contributed by atoms with Crippen LogP contribution in [0.5, 0.6) is 11.5 Å². The highest BCUT2D eigenvalue weighted by Gasteiger charge is 2.15. The summed E-state index contributed by atoms with van der Waals surface area (Å²) >= 11 is 0. The number of rotatable bonds is 4. The smallest absolute Gasteiger partial charge is 0.264 e. The van der Waals surface area contributed by atoms with Gasteiger partial charge in [0.15, 0.2) is 11.6 Å².